The van der Waals surface area contributed by atoms with Crippen LogP contribution in [0.3, 0.4) is 0 Å². The molecule has 0 saturated carbocycles. The fraction of sp³-hybridized carbons (Fsp3) is 0.316. The third kappa shape index (κ3) is 3.79. The van der Waals surface area contributed by atoms with E-state index >= 15 is 0 Å². The van der Waals surface area contributed by atoms with Crippen molar-refractivity contribution in [2.24, 2.45) is 4.99 Å². The molecular weight excluding hydrogens is 300 g/mol. The molecule has 0 aliphatic carbocycles. The molecule has 5 nitrogen and oxygen atoms in total. The molecule has 0 radical (unpaired) electrons. The highest BCUT2D eigenvalue weighted by molar-refractivity contribution is 5.84. The number of aromatic nitrogens is 1. The van der Waals surface area contributed by atoms with Gasteiger partial charge in [-0.15, -0.1) is 0 Å². The minimum Gasteiger partial charge on any atom is -0.467 e. The topological polar surface area (TPSA) is 65.3 Å². The van der Waals surface area contributed by atoms with Gasteiger partial charge in [-0.3, -0.25) is 0 Å². The van der Waals surface area contributed by atoms with E-state index in [-0.39, 0.29) is 0 Å². The van der Waals surface area contributed by atoms with Crippen molar-refractivity contribution < 1.29 is 4.42 Å². The summed E-state index contributed by atoms with van der Waals surface area (Å²) in [7, 11) is 0. The molecule has 3 rings (SSSR count). The zero-order valence-electron chi connectivity index (χ0n) is 14.2. The van der Waals surface area contributed by atoms with Crippen LogP contribution in [0.1, 0.15) is 23.9 Å². The molecule has 0 bridgehead atoms. The van der Waals surface area contributed by atoms with Crippen molar-refractivity contribution in [2.75, 3.05) is 13.1 Å². The largest absolute Gasteiger partial charge is 0.467 e. The molecule has 0 saturated heterocycles. The van der Waals surface area contributed by atoms with Crippen molar-refractivity contribution in [3.63, 3.8) is 0 Å². The van der Waals surface area contributed by atoms with Gasteiger partial charge in [0.2, 0.25) is 0 Å². The van der Waals surface area contributed by atoms with Crippen LogP contribution in [0.15, 0.2) is 52.1 Å². The second-order valence-corrected chi connectivity index (χ2v) is 5.73. The second-order valence-electron chi connectivity index (χ2n) is 5.73. The van der Waals surface area contributed by atoms with Gasteiger partial charge in [0.05, 0.1) is 6.26 Å². The van der Waals surface area contributed by atoms with E-state index in [1.807, 2.05) is 12.1 Å². The lowest BCUT2D eigenvalue weighted by Crippen LogP contribution is -2.38. The Kier molecular flexibility index (Phi) is 5.21. The minimum atomic E-state index is 0.536. The van der Waals surface area contributed by atoms with Crippen LogP contribution < -0.4 is 10.6 Å². The van der Waals surface area contributed by atoms with E-state index in [0.29, 0.717) is 6.54 Å². The number of furan rings is 1. The van der Waals surface area contributed by atoms with Gasteiger partial charge in [-0.05, 0) is 44.0 Å². The summed E-state index contributed by atoms with van der Waals surface area (Å²) < 4.78 is 5.32. The fourth-order valence-corrected chi connectivity index (χ4v) is 2.86. The average Bonchev–Trinajstić information content (AvgIpc) is 3.20. The molecule has 0 spiro atoms. The van der Waals surface area contributed by atoms with E-state index in [2.05, 4.69) is 58.7 Å². The number of aromatic amines is 1. The highest BCUT2D eigenvalue weighted by Crippen LogP contribution is 2.21. The molecule has 3 aromatic rings. The Morgan fingerprint density at radius 1 is 1.17 bits per heavy atom. The van der Waals surface area contributed by atoms with Crippen LogP contribution in [0, 0.1) is 6.92 Å². The van der Waals surface area contributed by atoms with Crippen LogP contribution in [-0.2, 0) is 13.0 Å². The first kappa shape index (κ1) is 16.2. The monoisotopic (exact) mass is 324 g/mol. The predicted molar refractivity (Wildman–Crippen MR) is 98.3 cm³/mol. The van der Waals surface area contributed by atoms with Gasteiger partial charge in [-0.2, -0.15) is 0 Å². The second kappa shape index (κ2) is 7.73. The summed E-state index contributed by atoms with van der Waals surface area (Å²) in [6, 6.07) is 12.2. The zero-order valence-corrected chi connectivity index (χ0v) is 14.2. The van der Waals surface area contributed by atoms with Crippen molar-refractivity contribution >= 4 is 16.9 Å². The van der Waals surface area contributed by atoms with E-state index in [1.54, 1.807) is 6.26 Å². The first-order valence-corrected chi connectivity index (χ1v) is 8.38. The fourth-order valence-electron chi connectivity index (χ4n) is 2.86. The Bertz CT molecular complexity index is 802. The lowest BCUT2D eigenvalue weighted by molar-refractivity contribution is 0.512. The first-order chi connectivity index (χ1) is 11.8. The number of para-hydroxylation sites is 1. The summed E-state index contributed by atoms with van der Waals surface area (Å²) in [6.07, 6.45) is 2.62. The van der Waals surface area contributed by atoms with Crippen LogP contribution in [-0.4, -0.2) is 24.0 Å². The van der Waals surface area contributed by atoms with E-state index in [9.17, 15) is 0 Å². The highest BCUT2D eigenvalue weighted by Gasteiger charge is 2.07. The number of benzene rings is 1. The third-order valence-electron chi connectivity index (χ3n) is 4.01. The SMILES string of the molecule is CCNC(=NCc1ccco1)NCCc1c(C)[nH]c2ccccc12. The summed E-state index contributed by atoms with van der Waals surface area (Å²) >= 11 is 0. The molecule has 24 heavy (non-hydrogen) atoms. The molecule has 0 unspecified atom stereocenters. The van der Waals surface area contributed by atoms with Gasteiger partial charge >= 0.3 is 0 Å². The van der Waals surface area contributed by atoms with Crippen LogP contribution in [0.5, 0.6) is 0 Å². The molecule has 0 atom stereocenters. The normalized spacial score (nSPS) is 11.8. The molecule has 0 amide bonds. The van der Waals surface area contributed by atoms with Crippen LogP contribution in [0.25, 0.3) is 10.9 Å². The minimum absolute atomic E-state index is 0.536. The van der Waals surface area contributed by atoms with Gasteiger partial charge in [0.1, 0.15) is 12.3 Å². The van der Waals surface area contributed by atoms with Gasteiger partial charge in [0.25, 0.3) is 0 Å². The van der Waals surface area contributed by atoms with Gasteiger partial charge in [0.15, 0.2) is 5.96 Å². The molecule has 5 heteroatoms. The average molecular weight is 324 g/mol. The summed E-state index contributed by atoms with van der Waals surface area (Å²) in [5.74, 6) is 1.67. The Morgan fingerprint density at radius 3 is 2.83 bits per heavy atom. The van der Waals surface area contributed by atoms with Crippen molar-refractivity contribution in [3.05, 3.63) is 59.7 Å². The summed E-state index contributed by atoms with van der Waals surface area (Å²) in [5, 5.41) is 7.96. The van der Waals surface area contributed by atoms with Crippen LogP contribution in [0.2, 0.25) is 0 Å². The number of hydrogen-bond acceptors (Lipinski definition) is 2. The number of fused-ring (bicyclic) bond motifs is 1. The van der Waals surface area contributed by atoms with Gasteiger partial charge in [0, 0.05) is 29.7 Å². The molecule has 1 aromatic carbocycles. The summed E-state index contributed by atoms with van der Waals surface area (Å²) in [6.45, 7) is 6.39. The van der Waals surface area contributed by atoms with Gasteiger partial charge < -0.3 is 20.0 Å². The van der Waals surface area contributed by atoms with Gasteiger partial charge in [-0.1, -0.05) is 18.2 Å². The first-order valence-electron chi connectivity index (χ1n) is 8.38. The van der Waals surface area contributed by atoms with Crippen molar-refractivity contribution in [3.8, 4) is 0 Å². The molecule has 2 heterocycles. The van der Waals surface area contributed by atoms with Crippen molar-refractivity contribution in [1.82, 2.24) is 15.6 Å². The number of H-pyrrole nitrogens is 1. The van der Waals surface area contributed by atoms with E-state index in [4.69, 9.17) is 4.42 Å². The Labute approximate surface area is 142 Å². The Balaban J connectivity index is 1.62. The Hall–Kier alpha value is -2.69. The maximum atomic E-state index is 5.32. The zero-order chi connectivity index (χ0) is 16.8. The lowest BCUT2D eigenvalue weighted by atomic mass is 10.1. The van der Waals surface area contributed by atoms with E-state index in [1.165, 1.54) is 22.2 Å². The molecule has 126 valence electrons. The molecule has 3 N–H and O–H groups in total. The smallest absolute Gasteiger partial charge is 0.191 e. The maximum Gasteiger partial charge on any atom is 0.191 e. The van der Waals surface area contributed by atoms with Crippen molar-refractivity contribution in [1.29, 1.82) is 0 Å². The van der Waals surface area contributed by atoms with Gasteiger partial charge in [-0.25, -0.2) is 4.99 Å². The summed E-state index contributed by atoms with van der Waals surface area (Å²) in [5.41, 5.74) is 3.79. The number of guanidine groups is 1. The molecular formula is C19H24N4O. The number of aryl methyl sites for hydroxylation is 1. The summed E-state index contributed by atoms with van der Waals surface area (Å²) in [4.78, 5) is 8.00. The number of nitrogens with one attached hydrogen (secondary N) is 3. The molecule has 2 aromatic heterocycles. The highest BCUT2D eigenvalue weighted by atomic mass is 16.3. The molecule has 0 fully saturated rings. The number of hydrogen-bond donors (Lipinski definition) is 3. The van der Waals surface area contributed by atoms with E-state index < -0.39 is 0 Å². The van der Waals surface area contributed by atoms with Crippen LogP contribution in [0.4, 0.5) is 0 Å². The Morgan fingerprint density at radius 2 is 2.04 bits per heavy atom. The quantitative estimate of drug-likeness (QED) is 0.481. The number of rotatable bonds is 6. The van der Waals surface area contributed by atoms with Crippen LogP contribution >= 0.6 is 0 Å². The predicted octanol–water partition coefficient (Wildman–Crippen LogP) is 3.37. The third-order valence-corrected chi connectivity index (χ3v) is 4.01. The van der Waals surface area contributed by atoms with Crippen molar-refractivity contribution in [2.45, 2.75) is 26.8 Å². The van der Waals surface area contributed by atoms with E-state index in [0.717, 1.165) is 31.2 Å². The molecule has 0 aliphatic rings. The lowest BCUT2D eigenvalue weighted by Gasteiger charge is -2.11. The number of aliphatic imine (C=N–C) groups is 1. The maximum absolute atomic E-state index is 5.32. The number of nitrogens with zero attached hydrogens (tertiary/aromatic N) is 1. The standard InChI is InChI=1S/C19H24N4O/c1-3-20-19(22-13-15-7-6-12-24-15)21-11-10-16-14(2)23-18-9-5-4-8-17(16)18/h4-9,12,23H,3,10-11,13H2,1-2H3,(H2,20,21,22). The molecule has 0 aliphatic heterocycles.